The number of rotatable bonds is 5. The Morgan fingerprint density at radius 1 is 1.53 bits per heavy atom. The van der Waals surface area contributed by atoms with Crippen LogP contribution in [-0.2, 0) is 18.5 Å². The first-order chi connectivity index (χ1) is 9.10. The summed E-state index contributed by atoms with van der Waals surface area (Å²) in [6.07, 6.45) is 3.29. The summed E-state index contributed by atoms with van der Waals surface area (Å²) in [4.78, 5) is 11.9. The zero-order valence-corrected chi connectivity index (χ0v) is 11.3. The van der Waals surface area contributed by atoms with E-state index in [4.69, 9.17) is 4.74 Å². The van der Waals surface area contributed by atoms with Gasteiger partial charge in [0.1, 0.15) is 6.73 Å². The number of ether oxygens (including phenoxy) is 1. The van der Waals surface area contributed by atoms with Gasteiger partial charge in [-0.3, -0.25) is 9.48 Å². The van der Waals surface area contributed by atoms with E-state index in [2.05, 4.69) is 15.5 Å². The summed E-state index contributed by atoms with van der Waals surface area (Å²) in [5.41, 5.74) is 1.93. The molecule has 1 amide bonds. The number of carbonyl (C=O) groups excluding carboxylic acids is 1. The van der Waals surface area contributed by atoms with E-state index in [0.717, 1.165) is 5.69 Å². The van der Waals surface area contributed by atoms with Gasteiger partial charge in [-0.25, -0.2) is 4.68 Å². The van der Waals surface area contributed by atoms with Crippen LogP contribution in [-0.4, -0.2) is 32.1 Å². The normalized spacial score (nSPS) is 10.7. The van der Waals surface area contributed by atoms with Crippen LogP contribution in [0.2, 0.25) is 0 Å². The van der Waals surface area contributed by atoms with Gasteiger partial charge in [0.2, 0.25) is 0 Å². The van der Waals surface area contributed by atoms with Gasteiger partial charge in [0, 0.05) is 19.3 Å². The van der Waals surface area contributed by atoms with E-state index in [9.17, 15) is 4.79 Å². The molecule has 2 aromatic heterocycles. The van der Waals surface area contributed by atoms with E-state index in [1.807, 2.05) is 13.8 Å². The highest BCUT2D eigenvalue weighted by Crippen LogP contribution is 2.08. The number of amides is 1. The van der Waals surface area contributed by atoms with Gasteiger partial charge in [0.05, 0.1) is 18.1 Å². The highest BCUT2D eigenvalue weighted by molar-refractivity contribution is 6.02. The average Bonchev–Trinajstić information content (AvgIpc) is 2.95. The molecule has 7 nitrogen and oxygen atoms in total. The van der Waals surface area contributed by atoms with Crippen molar-refractivity contribution < 1.29 is 9.53 Å². The minimum Gasteiger partial charge on any atom is -0.360 e. The summed E-state index contributed by atoms with van der Waals surface area (Å²) < 4.78 is 8.49. The number of hydrogen-bond acceptors (Lipinski definition) is 4. The van der Waals surface area contributed by atoms with E-state index in [0.29, 0.717) is 24.7 Å². The van der Waals surface area contributed by atoms with Crippen molar-refractivity contribution in [3.63, 3.8) is 0 Å². The molecule has 0 spiro atoms. The smallest absolute Gasteiger partial charge is 0.276 e. The Labute approximate surface area is 111 Å². The fourth-order valence-electron chi connectivity index (χ4n) is 1.55. The Morgan fingerprint density at radius 2 is 2.32 bits per heavy atom. The molecule has 7 heteroatoms. The van der Waals surface area contributed by atoms with Crippen molar-refractivity contribution in [3.05, 3.63) is 29.8 Å². The van der Waals surface area contributed by atoms with Gasteiger partial charge in [-0.2, -0.15) is 10.2 Å². The predicted octanol–water partition coefficient (Wildman–Crippen LogP) is 1.17. The second-order valence-corrected chi connectivity index (χ2v) is 4.14. The topological polar surface area (TPSA) is 74.0 Å². The molecule has 0 bridgehead atoms. The number of aryl methyl sites for hydroxylation is 2. The highest BCUT2D eigenvalue weighted by Gasteiger charge is 2.12. The molecule has 2 rings (SSSR count). The van der Waals surface area contributed by atoms with Gasteiger partial charge in [-0.1, -0.05) is 0 Å². The second kappa shape index (κ2) is 5.66. The van der Waals surface area contributed by atoms with Crippen molar-refractivity contribution in [1.82, 2.24) is 19.6 Å². The third kappa shape index (κ3) is 3.19. The zero-order chi connectivity index (χ0) is 13.8. The molecule has 0 fully saturated rings. The lowest BCUT2D eigenvalue weighted by atomic mass is 10.3. The Balaban J connectivity index is 2.00. The number of aromatic nitrogens is 4. The maximum Gasteiger partial charge on any atom is 0.276 e. The van der Waals surface area contributed by atoms with Crippen molar-refractivity contribution in [1.29, 1.82) is 0 Å². The molecule has 19 heavy (non-hydrogen) atoms. The quantitative estimate of drug-likeness (QED) is 0.878. The van der Waals surface area contributed by atoms with Crippen molar-refractivity contribution in [2.75, 3.05) is 11.9 Å². The van der Waals surface area contributed by atoms with Gasteiger partial charge < -0.3 is 10.1 Å². The third-order valence-electron chi connectivity index (χ3n) is 2.67. The summed E-state index contributed by atoms with van der Waals surface area (Å²) >= 11 is 0. The average molecular weight is 263 g/mol. The van der Waals surface area contributed by atoms with Gasteiger partial charge in [0.25, 0.3) is 5.91 Å². The third-order valence-corrected chi connectivity index (χ3v) is 2.67. The summed E-state index contributed by atoms with van der Waals surface area (Å²) in [7, 11) is 1.80. The lowest BCUT2D eigenvalue weighted by molar-refractivity contribution is 0.0792. The van der Waals surface area contributed by atoms with E-state index in [1.54, 1.807) is 34.9 Å². The number of anilines is 1. The molecule has 0 aliphatic rings. The van der Waals surface area contributed by atoms with Crippen LogP contribution in [0.4, 0.5) is 5.69 Å². The van der Waals surface area contributed by atoms with Crippen LogP contribution in [0.25, 0.3) is 0 Å². The Kier molecular flexibility index (Phi) is 3.96. The number of nitrogens with zero attached hydrogens (tertiary/aromatic N) is 4. The van der Waals surface area contributed by atoms with Crippen LogP contribution in [0.15, 0.2) is 18.5 Å². The van der Waals surface area contributed by atoms with Crippen LogP contribution in [0, 0.1) is 6.92 Å². The van der Waals surface area contributed by atoms with E-state index in [1.165, 1.54) is 0 Å². The molecule has 0 aliphatic carbocycles. The van der Waals surface area contributed by atoms with Gasteiger partial charge in [-0.05, 0) is 19.9 Å². The minimum atomic E-state index is -0.250. The highest BCUT2D eigenvalue weighted by atomic mass is 16.5. The van der Waals surface area contributed by atoms with Gasteiger partial charge >= 0.3 is 0 Å². The second-order valence-electron chi connectivity index (χ2n) is 4.14. The lowest BCUT2D eigenvalue weighted by Gasteiger charge is -2.00. The van der Waals surface area contributed by atoms with Crippen molar-refractivity contribution in [3.8, 4) is 0 Å². The number of hydrogen-bond donors (Lipinski definition) is 1. The van der Waals surface area contributed by atoms with Crippen LogP contribution in [0.5, 0.6) is 0 Å². The van der Waals surface area contributed by atoms with Gasteiger partial charge in [-0.15, -0.1) is 0 Å². The molecular formula is C12H17N5O2. The molecular weight excluding hydrogens is 246 g/mol. The van der Waals surface area contributed by atoms with Crippen molar-refractivity contribution in [2.24, 2.45) is 7.05 Å². The molecule has 0 saturated heterocycles. The molecule has 2 heterocycles. The standard InChI is InChI=1S/C12H17N5O2/c1-4-19-8-17-7-10(6-13-17)14-12(18)11-5-9(2)16(3)15-11/h5-7H,4,8H2,1-3H3,(H,14,18). The summed E-state index contributed by atoms with van der Waals surface area (Å²) in [5, 5.41) is 10.9. The van der Waals surface area contributed by atoms with E-state index in [-0.39, 0.29) is 5.91 Å². The molecule has 0 unspecified atom stereocenters. The fraction of sp³-hybridized carbons (Fsp3) is 0.417. The van der Waals surface area contributed by atoms with E-state index >= 15 is 0 Å². The Hall–Kier alpha value is -2.15. The summed E-state index contributed by atoms with van der Waals surface area (Å²) in [6.45, 7) is 4.79. The Morgan fingerprint density at radius 3 is 2.95 bits per heavy atom. The van der Waals surface area contributed by atoms with Gasteiger partial charge in [0.15, 0.2) is 5.69 Å². The molecule has 0 radical (unpaired) electrons. The molecule has 1 N–H and O–H groups in total. The number of nitrogens with one attached hydrogen (secondary N) is 1. The Bertz CT molecular complexity index is 553. The first kappa shape index (κ1) is 13.3. The molecule has 0 atom stereocenters. The summed E-state index contributed by atoms with van der Waals surface area (Å²) in [6, 6.07) is 1.74. The largest absolute Gasteiger partial charge is 0.360 e. The summed E-state index contributed by atoms with van der Waals surface area (Å²) in [5.74, 6) is -0.250. The van der Waals surface area contributed by atoms with Crippen LogP contribution in [0.1, 0.15) is 23.1 Å². The monoisotopic (exact) mass is 263 g/mol. The zero-order valence-electron chi connectivity index (χ0n) is 11.3. The first-order valence-corrected chi connectivity index (χ1v) is 6.02. The number of carbonyl (C=O) groups is 1. The minimum absolute atomic E-state index is 0.250. The molecule has 2 aromatic rings. The molecule has 102 valence electrons. The molecule has 0 saturated carbocycles. The first-order valence-electron chi connectivity index (χ1n) is 6.02. The SMILES string of the molecule is CCOCn1cc(NC(=O)c2cc(C)n(C)n2)cn1. The molecule has 0 aliphatic heterocycles. The predicted molar refractivity (Wildman–Crippen MR) is 69.8 cm³/mol. The van der Waals surface area contributed by atoms with Crippen LogP contribution < -0.4 is 5.32 Å². The fourth-order valence-corrected chi connectivity index (χ4v) is 1.55. The van der Waals surface area contributed by atoms with Crippen LogP contribution in [0.3, 0.4) is 0 Å². The lowest BCUT2D eigenvalue weighted by Crippen LogP contribution is -2.12. The van der Waals surface area contributed by atoms with Crippen molar-refractivity contribution >= 4 is 11.6 Å². The van der Waals surface area contributed by atoms with E-state index < -0.39 is 0 Å². The maximum atomic E-state index is 11.9. The van der Waals surface area contributed by atoms with Crippen molar-refractivity contribution in [2.45, 2.75) is 20.6 Å². The maximum absolute atomic E-state index is 11.9. The van der Waals surface area contributed by atoms with Crippen LogP contribution >= 0.6 is 0 Å². The molecule has 0 aromatic carbocycles.